The highest BCUT2D eigenvalue weighted by molar-refractivity contribution is 7.80. The predicted molar refractivity (Wildman–Crippen MR) is 132 cm³/mol. The van der Waals surface area contributed by atoms with Crippen molar-refractivity contribution >= 4 is 34.4 Å². The fourth-order valence-electron chi connectivity index (χ4n) is 4.40. The second-order valence-electron chi connectivity index (χ2n) is 7.67. The Morgan fingerprint density at radius 3 is 2.53 bits per heavy atom. The first-order chi connectivity index (χ1) is 15.6. The van der Waals surface area contributed by atoms with Crippen LogP contribution in [0.3, 0.4) is 0 Å². The van der Waals surface area contributed by atoms with Crippen molar-refractivity contribution in [2.75, 3.05) is 12.0 Å². The van der Waals surface area contributed by atoms with Crippen molar-refractivity contribution in [3.8, 4) is 10.9 Å². The van der Waals surface area contributed by atoms with E-state index < -0.39 is 0 Å². The molecule has 1 aromatic carbocycles. The Morgan fingerprint density at radius 2 is 1.88 bits per heavy atom. The highest BCUT2D eigenvalue weighted by Crippen LogP contribution is 2.44. The third kappa shape index (κ3) is 3.45. The number of hydrogen-bond donors (Lipinski definition) is 1. The molecule has 1 aliphatic rings. The van der Waals surface area contributed by atoms with Crippen molar-refractivity contribution in [3.05, 3.63) is 88.9 Å². The van der Waals surface area contributed by atoms with Gasteiger partial charge in [-0.2, -0.15) is 0 Å². The van der Waals surface area contributed by atoms with Gasteiger partial charge in [-0.1, -0.05) is 6.07 Å². The molecular formula is C24H23N5OS2. The summed E-state index contributed by atoms with van der Waals surface area (Å²) in [7, 11) is 1.67. The molecule has 32 heavy (non-hydrogen) atoms. The fraction of sp³-hybridized carbons (Fsp3) is 0.208. The second-order valence-corrected chi connectivity index (χ2v) is 8.93. The summed E-state index contributed by atoms with van der Waals surface area (Å²) in [5, 5.41) is 7.17. The van der Waals surface area contributed by atoms with E-state index in [1.54, 1.807) is 18.4 Å². The van der Waals surface area contributed by atoms with Crippen LogP contribution in [0, 0.1) is 13.8 Å². The summed E-state index contributed by atoms with van der Waals surface area (Å²) >= 11 is 7.47. The molecule has 4 aromatic rings. The summed E-state index contributed by atoms with van der Waals surface area (Å²) in [6.07, 6.45) is 3.66. The molecule has 162 valence electrons. The van der Waals surface area contributed by atoms with Crippen molar-refractivity contribution in [2.24, 2.45) is 0 Å². The van der Waals surface area contributed by atoms with Crippen LogP contribution in [0.15, 0.2) is 66.3 Å². The van der Waals surface area contributed by atoms with Gasteiger partial charge in [-0.05, 0) is 74.1 Å². The van der Waals surface area contributed by atoms with Gasteiger partial charge in [-0.15, -0.1) is 11.3 Å². The molecule has 1 N–H and O–H groups in total. The van der Waals surface area contributed by atoms with Crippen LogP contribution in [0.5, 0.6) is 5.75 Å². The Hall–Kier alpha value is -3.23. The summed E-state index contributed by atoms with van der Waals surface area (Å²) in [5.41, 5.74) is 5.44. The lowest BCUT2D eigenvalue weighted by atomic mass is 9.96. The molecule has 0 radical (unpaired) electrons. The number of benzene rings is 1. The SMILES string of the molecule is COc1ccc(N2C(=S)N[C@H](c3ccccn3)[C@@H]2c2cc(C)n(-c3nccs3)c2C)cc1. The van der Waals surface area contributed by atoms with Crippen LogP contribution in [0.4, 0.5) is 5.69 Å². The zero-order valence-electron chi connectivity index (χ0n) is 18.0. The van der Waals surface area contributed by atoms with E-state index in [0.29, 0.717) is 5.11 Å². The number of rotatable bonds is 5. The maximum Gasteiger partial charge on any atom is 0.193 e. The monoisotopic (exact) mass is 461 g/mol. The smallest absolute Gasteiger partial charge is 0.193 e. The Labute approximate surface area is 196 Å². The largest absolute Gasteiger partial charge is 0.497 e. The van der Waals surface area contributed by atoms with Crippen LogP contribution in [0.2, 0.25) is 0 Å². The van der Waals surface area contributed by atoms with Gasteiger partial charge in [0.05, 0.1) is 24.9 Å². The van der Waals surface area contributed by atoms with Crippen LogP contribution in [-0.4, -0.2) is 26.8 Å². The van der Waals surface area contributed by atoms with Crippen LogP contribution >= 0.6 is 23.6 Å². The normalized spacial score (nSPS) is 18.1. The fourth-order valence-corrected chi connectivity index (χ4v) is 5.50. The van der Waals surface area contributed by atoms with Crippen LogP contribution in [0.1, 0.15) is 34.7 Å². The second kappa shape index (κ2) is 8.37. The van der Waals surface area contributed by atoms with E-state index in [0.717, 1.165) is 33.7 Å². The number of anilines is 1. The zero-order chi connectivity index (χ0) is 22.2. The Morgan fingerprint density at radius 1 is 1.06 bits per heavy atom. The maximum absolute atomic E-state index is 5.84. The van der Waals surface area contributed by atoms with E-state index in [-0.39, 0.29) is 12.1 Å². The third-order valence-corrected chi connectivity index (χ3v) is 6.92. The summed E-state index contributed by atoms with van der Waals surface area (Å²) in [6.45, 7) is 4.26. The molecule has 3 aromatic heterocycles. The van der Waals surface area contributed by atoms with Gasteiger partial charge in [0, 0.05) is 34.8 Å². The molecule has 4 heterocycles. The van der Waals surface area contributed by atoms with Gasteiger partial charge >= 0.3 is 0 Å². The van der Waals surface area contributed by atoms with Crippen molar-refractivity contribution < 1.29 is 4.74 Å². The van der Waals surface area contributed by atoms with E-state index in [1.807, 2.05) is 60.2 Å². The number of ether oxygens (including phenoxy) is 1. The molecule has 6 nitrogen and oxygen atoms in total. The number of aryl methyl sites for hydroxylation is 1. The molecule has 0 spiro atoms. The average molecular weight is 462 g/mol. The summed E-state index contributed by atoms with van der Waals surface area (Å²) in [4.78, 5) is 11.4. The number of thiazole rings is 1. The van der Waals surface area contributed by atoms with Gasteiger partial charge < -0.3 is 15.0 Å². The van der Waals surface area contributed by atoms with E-state index in [1.165, 1.54) is 5.56 Å². The summed E-state index contributed by atoms with van der Waals surface area (Å²) < 4.78 is 7.57. The molecule has 0 unspecified atom stereocenters. The Bertz CT molecular complexity index is 1240. The average Bonchev–Trinajstić information content (AvgIpc) is 3.52. The van der Waals surface area contributed by atoms with Crippen LogP contribution in [0.25, 0.3) is 5.13 Å². The summed E-state index contributed by atoms with van der Waals surface area (Å²) in [5.74, 6) is 0.812. The molecule has 2 atom stereocenters. The lowest BCUT2D eigenvalue weighted by Crippen LogP contribution is -2.29. The van der Waals surface area contributed by atoms with E-state index in [9.17, 15) is 0 Å². The van der Waals surface area contributed by atoms with Gasteiger partial charge in [0.15, 0.2) is 10.2 Å². The highest BCUT2D eigenvalue weighted by atomic mass is 32.1. The van der Waals surface area contributed by atoms with E-state index >= 15 is 0 Å². The highest BCUT2D eigenvalue weighted by Gasteiger charge is 2.42. The first-order valence-corrected chi connectivity index (χ1v) is 11.6. The number of nitrogens with one attached hydrogen (secondary N) is 1. The molecule has 0 bridgehead atoms. The number of hydrogen-bond acceptors (Lipinski definition) is 5. The number of methoxy groups -OCH3 is 1. The minimum atomic E-state index is -0.0870. The van der Waals surface area contributed by atoms with Crippen LogP contribution in [-0.2, 0) is 0 Å². The topological polar surface area (TPSA) is 55.2 Å². The van der Waals surface area contributed by atoms with Gasteiger partial charge in [0.2, 0.25) is 0 Å². The molecule has 0 aliphatic carbocycles. The van der Waals surface area contributed by atoms with E-state index in [4.69, 9.17) is 17.0 Å². The minimum absolute atomic E-state index is 0.0642. The van der Waals surface area contributed by atoms with E-state index in [2.05, 4.69) is 44.7 Å². The number of pyridine rings is 1. The van der Waals surface area contributed by atoms with Gasteiger partial charge in [-0.25, -0.2) is 4.98 Å². The minimum Gasteiger partial charge on any atom is -0.497 e. The lowest BCUT2D eigenvalue weighted by molar-refractivity contribution is 0.415. The molecule has 1 saturated heterocycles. The Balaban J connectivity index is 1.66. The third-order valence-electron chi connectivity index (χ3n) is 5.85. The maximum atomic E-state index is 5.84. The molecule has 5 rings (SSSR count). The first kappa shape index (κ1) is 20.7. The van der Waals surface area contributed by atoms with Crippen molar-refractivity contribution in [1.29, 1.82) is 0 Å². The van der Waals surface area contributed by atoms with Crippen LogP contribution < -0.4 is 15.0 Å². The van der Waals surface area contributed by atoms with Gasteiger partial charge in [-0.3, -0.25) is 9.55 Å². The molecule has 1 fully saturated rings. The van der Waals surface area contributed by atoms with Crippen molar-refractivity contribution in [3.63, 3.8) is 0 Å². The number of nitrogens with zero attached hydrogens (tertiary/aromatic N) is 4. The quantitative estimate of drug-likeness (QED) is 0.416. The molecule has 8 heteroatoms. The molecule has 1 aliphatic heterocycles. The predicted octanol–water partition coefficient (Wildman–Crippen LogP) is 5.13. The summed E-state index contributed by atoms with van der Waals surface area (Å²) in [6, 6.07) is 16.1. The zero-order valence-corrected chi connectivity index (χ0v) is 19.7. The van der Waals surface area contributed by atoms with Gasteiger partial charge in [0.1, 0.15) is 5.75 Å². The van der Waals surface area contributed by atoms with Gasteiger partial charge in [0.25, 0.3) is 0 Å². The first-order valence-electron chi connectivity index (χ1n) is 10.3. The Kier molecular flexibility index (Phi) is 5.40. The standard InChI is InChI=1S/C24H23N5OS2/c1-15-14-19(16(2)28(15)24-26-12-13-32-24)22-21(20-6-4-5-11-25-20)27-23(31)29(22)17-7-9-18(30-3)10-8-17/h4-14,21-22H,1-3H3,(H,27,31)/t21-,22+/m1/s1. The lowest BCUT2D eigenvalue weighted by Gasteiger charge is -2.28. The van der Waals surface area contributed by atoms with Crippen molar-refractivity contribution in [2.45, 2.75) is 25.9 Å². The van der Waals surface area contributed by atoms with Crippen molar-refractivity contribution in [1.82, 2.24) is 19.9 Å². The molecule has 0 saturated carbocycles. The molecular weight excluding hydrogens is 438 g/mol. The molecule has 0 amide bonds. The number of aromatic nitrogens is 3. The number of thiocarbonyl (C=S) groups is 1.